The summed E-state index contributed by atoms with van der Waals surface area (Å²) >= 11 is 7.44. The Kier molecular flexibility index (Phi) is 8.06. The number of allylic oxidation sites excluding steroid dienone is 1. The molecule has 3 heterocycles. The minimum atomic E-state index is -1.10. The maximum atomic E-state index is 13.9. The highest BCUT2D eigenvalue weighted by atomic mass is 35.5. The van der Waals surface area contributed by atoms with E-state index in [1.165, 1.54) is 37.0 Å². The number of furan rings is 1. The summed E-state index contributed by atoms with van der Waals surface area (Å²) in [5.41, 5.74) is 1.33. The van der Waals surface area contributed by atoms with Crippen molar-refractivity contribution in [3.05, 3.63) is 101 Å². The lowest BCUT2D eigenvalue weighted by molar-refractivity contribution is -0.139. The number of esters is 1. The molecule has 0 saturated carbocycles. The number of nitrogens with zero attached hydrogens (tertiary/aromatic N) is 2. The van der Waals surface area contributed by atoms with Crippen LogP contribution in [0.3, 0.4) is 0 Å². The van der Waals surface area contributed by atoms with Gasteiger partial charge in [-0.1, -0.05) is 29.0 Å². The number of halogens is 1. The van der Waals surface area contributed by atoms with E-state index in [1.54, 1.807) is 50.3 Å². The Morgan fingerprint density at radius 3 is 2.57 bits per heavy atom. The molecule has 2 aromatic heterocycles. The lowest BCUT2D eigenvalue weighted by Gasteiger charge is -2.25. The molecule has 216 valence electrons. The zero-order valence-electron chi connectivity index (χ0n) is 23.0. The van der Waals surface area contributed by atoms with Crippen LogP contribution in [0.25, 0.3) is 17.4 Å². The van der Waals surface area contributed by atoms with Gasteiger partial charge in [0.1, 0.15) is 11.5 Å². The van der Waals surface area contributed by atoms with Crippen molar-refractivity contribution < 1.29 is 33.3 Å². The topological polar surface area (TPSA) is 130 Å². The first-order valence-corrected chi connectivity index (χ1v) is 13.9. The van der Waals surface area contributed by atoms with Gasteiger partial charge in [-0.3, -0.25) is 9.36 Å². The summed E-state index contributed by atoms with van der Waals surface area (Å²) in [6, 6.07) is 11.9. The standard InChI is InChI=1S/C30H25ClN2O8S/c1-5-40-29(37)25-15(2)32-30-33(26(25)16-7-10-22(38-3)23(13-16)39-4)27(34)24(42-30)14-18-8-11-21(41-18)19-12-17(28(35)36)6-9-20(19)31/h6-14,26H,5H2,1-4H3,(H,35,36)/b24-14-/t26-/m1/s1. The van der Waals surface area contributed by atoms with E-state index in [0.29, 0.717) is 54.2 Å². The van der Waals surface area contributed by atoms with Crippen LogP contribution in [-0.2, 0) is 9.53 Å². The second-order valence-electron chi connectivity index (χ2n) is 9.12. The number of thiazole rings is 1. The largest absolute Gasteiger partial charge is 0.493 e. The molecular weight excluding hydrogens is 584 g/mol. The highest BCUT2D eigenvalue weighted by Crippen LogP contribution is 2.36. The van der Waals surface area contributed by atoms with Gasteiger partial charge in [0, 0.05) is 11.6 Å². The van der Waals surface area contributed by atoms with Crippen molar-refractivity contribution in [2.75, 3.05) is 20.8 Å². The second-order valence-corrected chi connectivity index (χ2v) is 10.5. The third-order valence-electron chi connectivity index (χ3n) is 6.62. The van der Waals surface area contributed by atoms with Crippen LogP contribution in [0, 0.1) is 0 Å². The predicted molar refractivity (Wildman–Crippen MR) is 156 cm³/mol. The van der Waals surface area contributed by atoms with Gasteiger partial charge in [-0.25, -0.2) is 14.6 Å². The summed E-state index contributed by atoms with van der Waals surface area (Å²) < 4.78 is 23.9. The second kappa shape index (κ2) is 11.7. The van der Waals surface area contributed by atoms with Gasteiger partial charge < -0.3 is 23.7 Å². The van der Waals surface area contributed by atoms with E-state index < -0.39 is 23.5 Å². The number of hydrogen-bond acceptors (Lipinski definition) is 9. The van der Waals surface area contributed by atoms with Crippen LogP contribution in [-0.4, -0.2) is 42.4 Å². The Balaban J connectivity index is 1.65. The van der Waals surface area contributed by atoms with E-state index in [4.69, 9.17) is 30.2 Å². The summed E-state index contributed by atoms with van der Waals surface area (Å²) in [7, 11) is 3.02. The minimum Gasteiger partial charge on any atom is -0.493 e. The third kappa shape index (κ3) is 5.24. The maximum Gasteiger partial charge on any atom is 0.338 e. The molecule has 4 aromatic rings. The highest BCUT2D eigenvalue weighted by Gasteiger charge is 2.34. The van der Waals surface area contributed by atoms with E-state index >= 15 is 0 Å². The number of methoxy groups -OCH3 is 2. The van der Waals surface area contributed by atoms with E-state index in [0.717, 1.165) is 11.3 Å². The lowest BCUT2D eigenvalue weighted by Crippen LogP contribution is -2.39. The number of aromatic nitrogens is 1. The monoisotopic (exact) mass is 608 g/mol. The molecule has 10 nitrogen and oxygen atoms in total. The number of carboxylic acids is 1. The van der Waals surface area contributed by atoms with Crippen molar-refractivity contribution >= 4 is 41.0 Å². The molecule has 1 aliphatic heterocycles. The minimum absolute atomic E-state index is 0.0589. The van der Waals surface area contributed by atoms with Crippen LogP contribution in [0.5, 0.6) is 11.5 Å². The first-order valence-electron chi connectivity index (χ1n) is 12.7. The number of fused-ring (bicyclic) bond motifs is 1. The summed E-state index contributed by atoms with van der Waals surface area (Å²) in [4.78, 5) is 43.4. The Morgan fingerprint density at radius 1 is 1.12 bits per heavy atom. The van der Waals surface area contributed by atoms with Gasteiger partial charge in [0.25, 0.3) is 5.56 Å². The highest BCUT2D eigenvalue weighted by molar-refractivity contribution is 7.07. The Bertz CT molecular complexity index is 1930. The number of benzene rings is 2. The van der Waals surface area contributed by atoms with Crippen molar-refractivity contribution in [1.29, 1.82) is 0 Å². The molecule has 0 unspecified atom stereocenters. The molecule has 0 spiro atoms. The maximum absolute atomic E-state index is 13.9. The number of rotatable bonds is 8. The molecule has 1 atom stereocenters. The van der Waals surface area contributed by atoms with Crippen molar-refractivity contribution in [2.45, 2.75) is 19.9 Å². The van der Waals surface area contributed by atoms with Gasteiger partial charge in [0.15, 0.2) is 16.3 Å². The van der Waals surface area contributed by atoms with Gasteiger partial charge in [-0.05, 0) is 61.9 Å². The van der Waals surface area contributed by atoms with Gasteiger partial charge >= 0.3 is 11.9 Å². The van der Waals surface area contributed by atoms with Crippen molar-refractivity contribution in [2.24, 2.45) is 4.99 Å². The predicted octanol–water partition coefficient (Wildman–Crippen LogP) is 4.43. The van der Waals surface area contributed by atoms with Gasteiger partial charge in [0.2, 0.25) is 0 Å². The van der Waals surface area contributed by atoms with E-state index in [1.807, 2.05) is 0 Å². The van der Waals surface area contributed by atoms with Gasteiger partial charge in [0.05, 0.1) is 53.3 Å². The fourth-order valence-corrected chi connectivity index (χ4v) is 5.92. The number of carbonyl (C=O) groups excluding carboxylic acids is 1. The van der Waals surface area contributed by atoms with E-state index in [2.05, 4.69) is 4.99 Å². The van der Waals surface area contributed by atoms with Crippen molar-refractivity contribution in [1.82, 2.24) is 4.57 Å². The molecular formula is C30H25ClN2O8S. The van der Waals surface area contributed by atoms with Crippen LogP contribution in [0.4, 0.5) is 0 Å². The van der Waals surface area contributed by atoms with E-state index in [-0.39, 0.29) is 17.7 Å². The molecule has 0 bridgehead atoms. The Labute approximate surface area is 248 Å². The van der Waals surface area contributed by atoms with E-state index in [9.17, 15) is 19.5 Å². The molecule has 0 radical (unpaired) electrons. The Hall–Kier alpha value is -4.61. The first kappa shape index (κ1) is 28.9. The van der Waals surface area contributed by atoms with Gasteiger partial charge in [-0.15, -0.1) is 0 Å². The molecule has 0 aliphatic carbocycles. The smallest absolute Gasteiger partial charge is 0.338 e. The number of ether oxygens (including phenoxy) is 3. The average molecular weight is 609 g/mol. The molecule has 0 fully saturated rings. The molecule has 1 N–H and O–H groups in total. The molecule has 0 amide bonds. The number of carbonyl (C=O) groups is 2. The molecule has 1 aliphatic rings. The van der Waals surface area contributed by atoms with Crippen LogP contribution < -0.4 is 24.4 Å². The van der Waals surface area contributed by atoms with Crippen molar-refractivity contribution in [3.63, 3.8) is 0 Å². The van der Waals surface area contributed by atoms with Crippen LogP contribution in [0.1, 0.15) is 41.6 Å². The zero-order chi connectivity index (χ0) is 30.1. The summed E-state index contributed by atoms with van der Waals surface area (Å²) in [5.74, 6) is -0.0634. The van der Waals surface area contributed by atoms with Crippen LogP contribution in [0.15, 0.2) is 74.0 Å². The summed E-state index contributed by atoms with van der Waals surface area (Å²) in [6.45, 7) is 3.56. The van der Waals surface area contributed by atoms with Crippen LogP contribution >= 0.6 is 22.9 Å². The number of carboxylic acid groups (broad SMARTS) is 1. The fourth-order valence-electron chi connectivity index (χ4n) is 4.68. The normalized spacial score (nSPS) is 14.8. The third-order valence-corrected chi connectivity index (χ3v) is 7.93. The first-order chi connectivity index (χ1) is 20.2. The zero-order valence-corrected chi connectivity index (χ0v) is 24.5. The summed E-state index contributed by atoms with van der Waals surface area (Å²) in [6.07, 6.45) is 1.57. The number of aromatic carboxylic acids is 1. The fraction of sp³-hybridized carbons (Fsp3) is 0.200. The quantitative estimate of drug-likeness (QED) is 0.291. The molecule has 0 saturated heterocycles. The van der Waals surface area contributed by atoms with Gasteiger partial charge in [-0.2, -0.15) is 0 Å². The van der Waals surface area contributed by atoms with Crippen LogP contribution in [0.2, 0.25) is 5.02 Å². The Morgan fingerprint density at radius 2 is 1.88 bits per heavy atom. The number of hydrogen-bond donors (Lipinski definition) is 1. The molecule has 5 rings (SSSR count). The molecule has 42 heavy (non-hydrogen) atoms. The molecule has 12 heteroatoms. The van der Waals surface area contributed by atoms with Crippen molar-refractivity contribution in [3.8, 4) is 22.8 Å². The SMILES string of the molecule is CCOC(=O)C1=C(C)N=c2s/c(=C\c3ccc(-c4cc(C(=O)O)ccc4Cl)o3)c(=O)n2[C@@H]1c1ccc(OC)c(OC)c1. The molecule has 2 aromatic carbocycles. The average Bonchev–Trinajstić information content (AvgIpc) is 3.56. The lowest BCUT2D eigenvalue weighted by atomic mass is 9.95. The summed E-state index contributed by atoms with van der Waals surface area (Å²) in [5, 5.41) is 9.67.